The van der Waals surface area contributed by atoms with Crippen LogP contribution in [0.25, 0.3) is 0 Å². The summed E-state index contributed by atoms with van der Waals surface area (Å²) < 4.78 is 38.0. The molecule has 1 aliphatic heterocycles. The predicted molar refractivity (Wildman–Crippen MR) is 129 cm³/mol. The van der Waals surface area contributed by atoms with Gasteiger partial charge in [-0.25, -0.2) is 12.7 Å². The summed E-state index contributed by atoms with van der Waals surface area (Å²) in [5.74, 6) is 0.833. The number of piperidine rings is 1. The second-order valence-electron chi connectivity index (χ2n) is 8.03. The number of methoxy groups -OCH3 is 1. The quantitative estimate of drug-likeness (QED) is 0.543. The molecule has 0 spiro atoms. The molecule has 1 heterocycles. The van der Waals surface area contributed by atoms with Gasteiger partial charge >= 0.3 is 0 Å². The van der Waals surface area contributed by atoms with Gasteiger partial charge in [-0.2, -0.15) is 0 Å². The van der Waals surface area contributed by atoms with Crippen molar-refractivity contribution in [1.29, 1.82) is 0 Å². The Morgan fingerprint density at radius 2 is 1.67 bits per heavy atom. The first-order valence-electron chi connectivity index (χ1n) is 10.7. The third-order valence-corrected chi connectivity index (χ3v) is 8.07. The third-order valence-electron chi connectivity index (χ3n) is 5.55. The number of ether oxygens (including phenoxy) is 2. The number of carbonyl (C=O) groups excluding carboxylic acids is 1. The van der Waals surface area contributed by atoms with E-state index in [1.807, 2.05) is 6.92 Å². The average molecular weight is 515 g/mol. The Balaban J connectivity index is 1.46. The molecular weight excluding hydrogens is 487 g/mol. The molecule has 0 radical (unpaired) electrons. The molecule has 0 saturated carbocycles. The highest BCUT2D eigenvalue weighted by Crippen LogP contribution is 2.29. The number of hydrogen-bond acceptors (Lipinski definition) is 5. The molecule has 3 rings (SSSR count). The fourth-order valence-corrected chi connectivity index (χ4v) is 5.95. The first kappa shape index (κ1) is 25.6. The van der Waals surface area contributed by atoms with Crippen molar-refractivity contribution in [2.24, 2.45) is 5.92 Å². The molecule has 2 aromatic carbocycles. The lowest BCUT2D eigenvalue weighted by Gasteiger charge is -2.31. The summed E-state index contributed by atoms with van der Waals surface area (Å²) in [6.07, 6.45) is 0.904. The molecule has 1 saturated heterocycles. The molecule has 2 aromatic rings. The van der Waals surface area contributed by atoms with Crippen LogP contribution in [0.5, 0.6) is 11.5 Å². The van der Waals surface area contributed by atoms with Crippen LogP contribution < -0.4 is 14.8 Å². The largest absolute Gasteiger partial charge is 0.497 e. The van der Waals surface area contributed by atoms with Gasteiger partial charge in [0, 0.05) is 34.6 Å². The van der Waals surface area contributed by atoms with Crippen molar-refractivity contribution in [3.8, 4) is 11.5 Å². The van der Waals surface area contributed by atoms with Gasteiger partial charge in [0.05, 0.1) is 18.9 Å². The summed E-state index contributed by atoms with van der Waals surface area (Å²) in [6.45, 7) is 2.75. The standard InChI is InChI=1S/C23H28Cl2N2O5S/c1-16(14-32-19-8-6-18(31-2)7-9-19)26-23(28)17-10-12-27(13-11-17)33(29,30)15-20-21(24)4-3-5-22(20)25/h3-9,16-17H,10-15H2,1-2H3,(H,26,28)/t16-/m0/s1. The van der Waals surface area contributed by atoms with Crippen molar-refractivity contribution in [3.63, 3.8) is 0 Å². The number of halogens is 2. The van der Waals surface area contributed by atoms with Gasteiger partial charge in [0.2, 0.25) is 15.9 Å². The van der Waals surface area contributed by atoms with E-state index in [9.17, 15) is 13.2 Å². The monoisotopic (exact) mass is 514 g/mol. The van der Waals surface area contributed by atoms with Gasteiger partial charge < -0.3 is 14.8 Å². The van der Waals surface area contributed by atoms with E-state index >= 15 is 0 Å². The van der Waals surface area contributed by atoms with Crippen molar-refractivity contribution in [2.45, 2.75) is 31.6 Å². The zero-order chi connectivity index (χ0) is 24.0. The molecule has 33 heavy (non-hydrogen) atoms. The molecule has 1 amide bonds. The molecule has 1 N–H and O–H groups in total. The zero-order valence-corrected chi connectivity index (χ0v) is 20.9. The third kappa shape index (κ3) is 6.99. The number of amides is 1. The van der Waals surface area contributed by atoms with E-state index in [1.54, 1.807) is 49.6 Å². The predicted octanol–water partition coefficient (Wildman–Crippen LogP) is 4.13. The Kier molecular flexibility index (Phi) is 8.87. The summed E-state index contributed by atoms with van der Waals surface area (Å²) in [5.41, 5.74) is 0.395. The minimum Gasteiger partial charge on any atom is -0.497 e. The van der Waals surface area contributed by atoms with Crippen LogP contribution in [0.1, 0.15) is 25.3 Å². The molecule has 0 unspecified atom stereocenters. The van der Waals surface area contributed by atoms with Gasteiger partial charge in [-0.15, -0.1) is 0 Å². The number of carbonyl (C=O) groups is 1. The second kappa shape index (κ2) is 11.4. The molecule has 1 atom stereocenters. The van der Waals surface area contributed by atoms with Crippen molar-refractivity contribution in [3.05, 3.63) is 58.1 Å². The lowest BCUT2D eigenvalue weighted by Crippen LogP contribution is -2.46. The van der Waals surface area contributed by atoms with Crippen LogP contribution in [0.3, 0.4) is 0 Å². The normalized spacial score (nSPS) is 16.2. The average Bonchev–Trinajstić information content (AvgIpc) is 2.80. The van der Waals surface area contributed by atoms with Crippen LogP contribution >= 0.6 is 23.2 Å². The van der Waals surface area contributed by atoms with E-state index in [4.69, 9.17) is 32.7 Å². The Bertz CT molecular complexity index is 1030. The van der Waals surface area contributed by atoms with Gasteiger partial charge in [-0.05, 0) is 56.2 Å². The van der Waals surface area contributed by atoms with Gasteiger partial charge in [-0.1, -0.05) is 29.3 Å². The molecule has 10 heteroatoms. The SMILES string of the molecule is COc1ccc(OC[C@H](C)NC(=O)C2CCN(S(=O)(=O)Cc3c(Cl)cccc3Cl)CC2)cc1. The Morgan fingerprint density at radius 3 is 2.24 bits per heavy atom. The first-order chi connectivity index (χ1) is 15.7. The molecule has 180 valence electrons. The molecule has 1 aliphatic rings. The maximum atomic E-state index is 12.9. The maximum absolute atomic E-state index is 12.9. The van der Waals surface area contributed by atoms with Crippen LogP contribution in [-0.4, -0.2) is 51.5 Å². The molecule has 1 fully saturated rings. The van der Waals surface area contributed by atoms with Crippen LogP contribution in [0, 0.1) is 5.92 Å². The number of rotatable bonds is 9. The number of nitrogens with one attached hydrogen (secondary N) is 1. The molecule has 0 bridgehead atoms. The van der Waals surface area contributed by atoms with E-state index in [-0.39, 0.29) is 36.7 Å². The number of benzene rings is 2. The summed E-state index contributed by atoms with van der Waals surface area (Å²) in [7, 11) is -2.00. The summed E-state index contributed by atoms with van der Waals surface area (Å²) in [4.78, 5) is 12.7. The Hall–Kier alpha value is -2.00. The smallest absolute Gasteiger partial charge is 0.223 e. The van der Waals surface area contributed by atoms with Crippen molar-refractivity contribution >= 4 is 39.1 Å². The number of hydrogen-bond donors (Lipinski definition) is 1. The Morgan fingerprint density at radius 1 is 1.09 bits per heavy atom. The summed E-state index contributed by atoms with van der Waals surface area (Å²) >= 11 is 12.3. The van der Waals surface area contributed by atoms with E-state index in [0.29, 0.717) is 40.8 Å². The van der Waals surface area contributed by atoms with Crippen molar-refractivity contribution in [2.75, 3.05) is 26.8 Å². The minimum absolute atomic E-state index is 0.0907. The molecular formula is C23H28Cl2N2O5S. The minimum atomic E-state index is -3.59. The lowest BCUT2D eigenvalue weighted by molar-refractivity contribution is -0.126. The molecule has 0 aromatic heterocycles. The van der Waals surface area contributed by atoms with Crippen LogP contribution in [0.4, 0.5) is 0 Å². The van der Waals surface area contributed by atoms with Crippen LogP contribution in [0.2, 0.25) is 10.0 Å². The van der Waals surface area contributed by atoms with Crippen molar-refractivity contribution < 1.29 is 22.7 Å². The van der Waals surface area contributed by atoms with Gasteiger partial charge in [0.25, 0.3) is 0 Å². The fourth-order valence-electron chi connectivity index (χ4n) is 3.64. The van der Waals surface area contributed by atoms with E-state index < -0.39 is 10.0 Å². The first-order valence-corrected chi connectivity index (χ1v) is 13.0. The Labute approximate surface area is 205 Å². The second-order valence-corrected chi connectivity index (χ2v) is 10.8. The van der Waals surface area contributed by atoms with Crippen LogP contribution in [-0.2, 0) is 20.6 Å². The van der Waals surface area contributed by atoms with Gasteiger partial charge in [0.15, 0.2) is 0 Å². The fraction of sp³-hybridized carbons (Fsp3) is 0.435. The molecule has 7 nitrogen and oxygen atoms in total. The topological polar surface area (TPSA) is 84.9 Å². The highest BCUT2D eigenvalue weighted by molar-refractivity contribution is 7.88. The van der Waals surface area contributed by atoms with Gasteiger partial charge in [-0.3, -0.25) is 4.79 Å². The van der Waals surface area contributed by atoms with Crippen molar-refractivity contribution in [1.82, 2.24) is 9.62 Å². The molecule has 0 aliphatic carbocycles. The van der Waals surface area contributed by atoms with E-state index in [0.717, 1.165) is 5.75 Å². The highest BCUT2D eigenvalue weighted by atomic mass is 35.5. The lowest BCUT2D eigenvalue weighted by atomic mass is 9.97. The number of nitrogens with zero attached hydrogens (tertiary/aromatic N) is 1. The zero-order valence-electron chi connectivity index (χ0n) is 18.6. The maximum Gasteiger partial charge on any atom is 0.223 e. The number of sulfonamides is 1. The van der Waals surface area contributed by atoms with E-state index in [2.05, 4.69) is 5.32 Å². The summed E-state index contributed by atoms with van der Waals surface area (Å²) in [5, 5.41) is 3.61. The summed E-state index contributed by atoms with van der Waals surface area (Å²) in [6, 6.07) is 11.9. The highest BCUT2D eigenvalue weighted by Gasteiger charge is 2.32. The van der Waals surface area contributed by atoms with Crippen LogP contribution in [0.15, 0.2) is 42.5 Å². The van der Waals surface area contributed by atoms with E-state index in [1.165, 1.54) is 4.31 Å². The van der Waals surface area contributed by atoms with Gasteiger partial charge in [0.1, 0.15) is 18.1 Å².